The molecule has 0 aliphatic rings. The van der Waals surface area contributed by atoms with Crippen LogP contribution in [-0.2, 0) is 0 Å². The van der Waals surface area contributed by atoms with Crippen LogP contribution in [-0.4, -0.2) is 17.1 Å². The zero-order valence-electron chi connectivity index (χ0n) is 14.4. The monoisotopic (exact) mass is 349 g/mol. The Kier molecular flexibility index (Phi) is 3.54. The second kappa shape index (κ2) is 6.18. The molecule has 0 saturated carbocycles. The molecular weight excluding hydrogens is 334 g/mol. The van der Waals surface area contributed by atoms with Crippen LogP contribution in [0.25, 0.3) is 32.3 Å². The highest BCUT2D eigenvalue weighted by molar-refractivity contribution is 6.25. The quantitative estimate of drug-likeness (QED) is 0.290. The van der Waals surface area contributed by atoms with Gasteiger partial charge >= 0.3 is 0 Å². The van der Waals surface area contributed by atoms with Crippen molar-refractivity contribution < 1.29 is 4.79 Å². The van der Waals surface area contributed by atoms with E-state index in [2.05, 4.69) is 64.0 Å². The summed E-state index contributed by atoms with van der Waals surface area (Å²) in [6.07, 6.45) is 3.27. The Morgan fingerprint density at radius 2 is 1.56 bits per heavy atom. The van der Waals surface area contributed by atoms with Gasteiger partial charge in [-0.15, -0.1) is 0 Å². The van der Waals surface area contributed by atoms with Gasteiger partial charge in [-0.05, 0) is 44.5 Å². The Morgan fingerprint density at radius 3 is 2.33 bits per heavy atom. The van der Waals surface area contributed by atoms with Crippen molar-refractivity contribution in [3.8, 4) is 0 Å². The van der Waals surface area contributed by atoms with E-state index in [1.165, 1.54) is 26.9 Å². The summed E-state index contributed by atoms with van der Waals surface area (Å²) >= 11 is 0. The number of carbonyl (C=O) groups excluding carboxylic acids is 1. The number of hydrazone groups is 1. The van der Waals surface area contributed by atoms with Crippen molar-refractivity contribution in [3.05, 3.63) is 90.3 Å². The van der Waals surface area contributed by atoms with E-state index in [0.29, 0.717) is 5.69 Å². The first-order valence-electron chi connectivity index (χ1n) is 8.72. The zero-order valence-corrected chi connectivity index (χ0v) is 14.4. The molecule has 5 aromatic rings. The molecule has 0 spiro atoms. The van der Waals surface area contributed by atoms with Crippen LogP contribution in [0.15, 0.2) is 84.1 Å². The zero-order chi connectivity index (χ0) is 18.2. The molecule has 4 aromatic carbocycles. The van der Waals surface area contributed by atoms with Gasteiger partial charge in [-0.1, -0.05) is 60.7 Å². The van der Waals surface area contributed by atoms with Crippen molar-refractivity contribution in [3.63, 3.8) is 0 Å². The normalized spacial score (nSPS) is 11.7. The summed E-state index contributed by atoms with van der Waals surface area (Å²) < 4.78 is 0. The number of carbonyl (C=O) groups is 1. The number of benzene rings is 4. The van der Waals surface area contributed by atoms with E-state index >= 15 is 0 Å². The maximum atomic E-state index is 12.1. The average molecular weight is 349 g/mol. The number of nitrogens with zero attached hydrogens (tertiary/aromatic N) is 2. The molecule has 0 unspecified atom stereocenters. The Hall–Kier alpha value is -3.79. The van der Waals surface area contributed by atoms with Crippen molar-refractivity contribution in [2.45, 2.75) is 0 Å². The number of hydrogen-bond donors (Lipinski definition) is 1. The molecule has 0 aliphatic carbocycles. The fourth-order valence-electron chi connectivity index (χ4n) is 3.59. The molecule has 1 heterocycles. The van der Waals surface area contributed by atoms with Crippen molar-refractivity contribution >= 4 is 44.4 Å². The highest BCUT2D eigenvalue weighted by atomic mass is 16.2. The van der Waals surface area contributed by atoms with Crippen molar-refractivity contribution in [1.29, 1.82) is 0 Å². The van der Waals surface area contributed by atoms with Crippen LogP contribution in [0.1, 0.15) is 16.1 Å². The molecular formula is C23H15N3O. The van der Waals surface area contributed by atoms with Gasteiger partial charge in [0.1, 0.15) is 5.69 Å². The van der Waals surface area contributed by atoms with Gasteiger partial charge in [-0.25, -0.2) is 5.43 Å². The molecule has 4 nitrogen and oxygen atoms in total. The minimum atomic E-state index is -0.329. The van der Waals surface area contributed by atoms with Crippen molar-refractivity contribution in [2.75, 3.05) is 0 Å². The van der Waals surface area contributed by atoms with E-state index in [9.17, 15) is 4.79 Å². The van der Waals surface area contributed by atoms with Crippen molar-refractivity contribution in [1.82, 2.24) is 10.4 Å². The SMILES string of the molecule is O=C(N/N=C/c1ccc2ccc3cccc4ccc1c2c34)c1ccccn1. The number of amides is 1. The highest BCUT2D eigenvalue weighted by Gasteiger charge is 2.10. The van der Waals surface area contributed by atoms with Gasteiger partial charge in [0.15, 0.2) is 0 Å². The van der Waals surface area contributed by atoms with Crippen LogP contribution in [0.3, 0.4) is 0 Å². The van der Waals surface area contributed by atoms with E-state index in [4.69, 9.17) is 0 Å². The molecule has 0 saturated heterocycles. The third-order valence-corrected chi connectivity index (χ3v) is 4.83. The number of pyridine rings is 1. The van der Waals surface area contributed by atoms with Gasteiger partial charge in [0.25, 0.3) is 5.91 Å². The minimum Gasteiger partial charge on any atom is -0.266 e. The molecule has 0 fully saturated rings. The second-order valence-electron chi connectivity index (χ2n) is 6.42. The Balaban J connectivity index is 1.56. The Morgan fingerprint density at radius 1 is 0.815 bits per heavy atom. The van der Waals surface area contributed by atoms with Crippen LogP contribution in [0.4, 0.5) is 0 Å². The van der Waals surface area contributed by atoms with Gasteiger partial charge in [-0.2, -0.15) is 5.10 Å². The number of hydrogen-bond acceptors (Lipinski definition) is 3. The maximum absolute atomic E-state index is 12.1. The second-order valence-corrected chi connectivity index (χ2v) is 6.42. The lowest BCUT2D eigenvalue weighted by Gasteiger charge is -2.12. The summed E-state index contributed by atoms with van der Waals surface area (Å²) in [4.78, 5) is 16.1. The molecule has 0 aliphatic heterocycles. The summed E-state index contributed by atoms with van der Waals surface area (Å²) in [5.74, 6) is -0.329. The first-order valence-corrected chi connectivity index (χ1v) is 8.72. The average Bonchev–Trinajstić information content (AvgIpc) is 2.73. The van der Waals surface area contributed by atoms with E-state index < -0.39 is 0 Å². The minimum absolute atomic E-state index is 0.329. The summed E-state index contributed by atoms with van der Waals surface area (Å²) in [5, 5.41) is 11.4. The first-order chi connectivity index (χ1) is 13.3. The summed E-state index contributed by atoms with van der Waals surface area (Å²) in [5.41, 5.74) is 3.84. The van der Waals surface area contributed by atoms with E-state index in [0.717, 1.165) is 10.9 Å². The number of rotatable bonds is 3. The van der Waals surface area contributed by atoms with Crippen molar-refractivity contribution in [2.24, 2.45) is 5.10 Å². The maximum Gasteiger partial charge on any atom is 0.289 e. The van der Waals surface area contributed by atoms with Gasteiger partial charge < -0.3 is 0 Å². The molecule has 5 rings (SSSR count). The summed E-state index contributed by atoms with van der Waals surface area (Å²) in [6.45, 7) is 0. The summed E-state index contributed by atoms with van der Waals surface area (Å²) in [6, 6.07) is 24.2. The molecule has 0 bridgehead atoms. The Bertz CT molecular complexity index is 1290. The van der Waals surface area contributed by atoms with E-state index in [1.54, 1.807) is 30.6 Å². The lowest BCUT2D eigenvalue weighted by molar-refractivity contribution is 0.0950. The Labute approximate surface area is 155 Å². The topological polar surface area (TPSA) is 54.4 Å². The molecule has 27 heavy (non-hydrogen) atoms. The largest absolute Gasteiger partial charge is 0.289 e. The fourth-order valence-corrected chi connectivity index (χ4v) is 3.59. The standard InChI is InChI=1S/C23H15N3O/c27-23(20-6-1-2-13-24-20)26-25-14-18-10-9-17-8-7-15-4-3-5-16-11-12-19(18)22(17)21(15)16/h1-14H,(H,26,27)/b25-14+. The molecule has 0 radical (unpaired) electrons. The third-order valence-electron chi connectivity index (χ3n) is 4.83. The van der Waals surface area contributed by atoms with E-state index in [-0.39, 0.29) is 5.91 Å². The predicted octanol–water partition coefficient (Wildman–Crippen LogP) is 4.74. The number of aromatic nitrogens is 1. The van der Waals surface area contributed by atoms with Crippen LogP contribution in [0.5, 0.6) is 0 Å². The third kappa shape index (κ3) is 2.59. The molecule has 4 heteroatoms. The number of nitrogens with one attached hydrogen (secondary N) is 1. The first kappa shape index (κ1) is 15.5. The predicted molar refractivity (Wildman–Crippen MR) is 109 cm³/mol. The lowest BCUT2D eigenvalue weighted by Crippen LogP contribution is -2.18. The van der Waals surface area contributed by atoms with Gasteiger partial charge in [0.05, 0.1) is 6.21 Å². The lowest BCUT2D eigenvalue weighted by atomic mass is 9.92. The van der Waals surface area contributed by atoms with Crippen LogP contribution in [0.2, 0.25) is 0 Å². The summed E-state index contributed by atoms with van der Waals surface area (Å²) in [7, 11) is 0. The molecule has 128 valence electrons. The smallest absolute Gasteiger partial charge is 0.266 e. The van der Waals surface area contributed by atoms with Gasteiger partial charge in [0, 0.05) is 11.8 Å². The molecule has 1 aromatic heterocycles. The van der Waals surface area contributed by atoms with Gasteiger partial charge in [0.2, 0.25) is 0 Å². The van der Waals surface area contributed by atoms with E-state index in [1.807, 2.05) is 6.07 Å². The highest BCUT2D eigenvalue weighted by Crippen LogP contribution is 2.35. The molecule has 1 N–H and O–H groups in total. The van der Waals surface area contributed by atoms with Crippen LogP contribution >= 0.6 is 0 Å². The fraction of sp³-hybridized carbons (Fsp3) is 0. The molecule has 1 amide bonds. The molecule has 0 atom stereocenters. The van der Waals surface area contributed by atoms with Gasteiger partial charge in [-0.3, -0.25) is 9.78 Å². The van der Waals surface area contributed by atoms with Crippen LogP contribution < -0.4 is 5.43 Å². The van der Waals surface area contributed by atoms with Crippen LogP contribution in [0, 0.1) is 0 Å².